The summed E-state index contributed by atoms with van der Waals surface area (Å²) >= 11 is 0. The van der Waals surface area contributed by atoms with Crippen LogP contribution in [0.3, 0.4) is 0 Å². The Morgan fingerprint density at radius 2 is 0.603 bits per heavy atom. The van der Waals surface area contributed by atoms with Crippen LogP contribution in [0.15, 0.2) is 231 Å². The van der Waals surface area contributed by atoms with E-state index in [1.807, 2.05) is 0 Å². The number of rotatable bonds is 7. The van der Waals surface area contributed by atoms with Crippen molar-refractivity contribution in [3.05, 3.63) is 231 Å². The Balaban J connectivity index is 0.955. The van der Waals surface area contributed by atoms with Crippen LogP contribution >= 0.6 is 0 Å². The Morgan fingerprint density at radius 1 is 0.259 bits per heavy atom. The van der Waals surface area contributed by atoms with Crippen LogP contribution in [0.5, 0.6) is 0 Å². The molecule has 2 nitrogen and oxygen atoms in total. The molecule has 1 heterocycles. The first-order valence-electron chi connectivity index (χ1n) is 19.9. The molecule has 11 rings (SSSR count). The predicted octanol–water partition coefficient (Wildman–Crippen LogP) is 15.6. The van der Waals surface area contributed by atoms with Gasteiger partial charge < -0.3 is 9.47 Å². The molecular formula is C56H38N2. The summed E-state index contributed by atoms with van der Waals surface area (Å²) in [6.07, 6.45) is 0. The van der Waals surface area contributed by atoms with Crippen LogP contribution in [0.4, 0.5) is 17.1 Å². The fourth-order valence-corrected chi connectivity index (χ4v) is 8.79. The standard InChI is InChI=1S/C56H38N2/c1-3-15-49-41(11-1)13-9-19-51(49)43-27-35-46(36-28-43)57(47-37-29-44(30-38-47)52-20-10-14-42-12-2-4-16-50(42)52)45-31-23-39(24-32-45)40-25-33-48(34-26-40)58-55-21-7-5-17-53(55)54-18-6-8-22-56(54)58/h1-38H. The average Bonchev–Trinajstić information content (AvgIpc) is 3.64. The van der Waals surface area contributed by atoms with E-state index in [4.69, 9.17) is 0 Å². The van der Waals surface area contributed by atoms with Crippen molar-refractivity contribution in [2.75, 3.05) is 4.90 Å². The number of anilines is 3. The minimum Gasteiger partial charge on any atom is -0.311 e. The Bertz CT molecular complexity index is 3060. The van der Waals surface area contributed by atoms with Crippen molar-refractivity contribution >= 4 is 60.4 Å². The Hall–Kier alpha value is -7.68. The molecule has 0 aliphatic carbocycles. The highest BCUT2D eigenvalue weighted by molar-refractivity contribution is 6.09. The normalized spacial score (nSPS) is 11.4. The molecule has 0 fully saturated rings. The molecule has 0 spiro atoms. The Morgan fingerprint density at radius 3 is 1.05 bits per heavy atom. The van der Waals surface area contributed by atoms with E-state index in [0.29, 0.717) is 0 Å². The van der Waals surface area contributed by atoms with E-state index in [2.05, 4.69) is 240 Å². The van der Waals surface area contributed by atoms with Gasteiger partial charge in [-0.25, -0.2) is 0 Å². The molecule has 10 aromatic carbocycles. The van der Waals surface area contributed by atoms with Crippen molar-refractivity contribution < 1.29 is 0 Å². The van der Waals surface area contributed by atoms with E-state index in [0.717, 1.165) is 22.7 Å². The molecule has 1 aromatic heterocycles. The van der Waals surface area contributed by atoms with E-state index < -0.39 is 0 Å². The maximum Gasteiger partial charge on any atom is 0.0541 e. The third-order valence-corrected chi connectivity index (χ3v) is 11.6. The second kappa shape index (κ2) is 14.1. The molecule has 0 N–H and O–H groups in total. The van der Waals surface area contributed by atoms with Gasteiger partial charge in [-0.05, 0) is 116 Å². The average molecular weight is 739 g/mol. The molecule has 0 amide bonds. The second-order valence-corrected chi connectivity index (χ2v) is 14.9. The molecule has 0 aliphatic heterocycles. The van der Waals surface area contributed by atoms with Gasteiger partial charge in [-0.3, -0.25) is 0 Å². The van der Waals surface area contributed by atoms with Gasteiger partial charge in [0.1, 0.15) is 0 Å². The third kappa shape index (κ3) is 5.82. The molecule has 0 saturated carbocycles. The lowest BCUT2D eigenvalue weighted by molar-refractivity contribution is 1.18. The van der Waals surface area contributed by atoms with Crippen LogP contribution in [-0.2, 0) is 0 Å². The lowest BCUT2D eigenvalue weighted by Crippen LogP contribution is -2.09. The van der Waals surface area contributed by atoms with Gasteiger partial charge in [0.25, 0.3) is 0 Å². The SMILES string of the molecule is c1ccc2c(-c3ccc(N(c4ccc(-c5ccc(-n6c7ccccc7c7ccccc76)cc5)cc4)c4ccc(-c5cccc6ccccc56)cc4)cc3)cccc2c1. The summed E-state index contributed by atoms with van der Waals surface area (Å²) in [5, 5.41) is 7.56. The van der Waals surface area contributed by atoms with Crippen LogP contribution in [0, 0.1) is 0 Å². The molecule has 0 aliphatic rings. The smallest absolute Gasteiger partial charge is 0.0541 e. The Labute approximate surface area is 338 Å². The van der Waals surface area contributed by atoms with E-state index >= 15 is 0 Å². The van der Waals surface area contributed by atoms with Crippen molar-refractivity contribution in [1.29, 1.82) is 0 Å². The number of para-hydroxylation sites is 2. The summed E-state index contributed by atoms with van der Waals surface area (Å²) in [4.78, 5) is 2.36. The van der Waals surface area contributed by atoms with Gasteiger partial charge in [0.2, 0.25) is 0 Å². The van der Waals surface area contributed by atoms with Gasteiger partial charge in [0.05, 0.1) is 11.0 Å². The van der Waals surface area contributed by atoms with Gasteiger partial charge in [0, 0.05) is 33.5 Å². The van der Waals surface area contributed by atoms with Crippen molar-refractivity contribution in [3.8, 4) is 39.1 Å². The number of fused-ring (bicyclic) bond motifs is 5. The fourth-order valence-electron chi connectivity index (χ4n) is 8.79. The highest BCUT2D eigenvalue weighted by Crippen LogP contribution is 2.40. The lowest BCUT2D eigenvalue weighted by Gasteiger charge is -2.26. The Kier molecular flexibility index (Phi) is 8.19. The number of hydrogen-bond acceptors (Lipinski definition) is 1. The molecular weight excluding hydrogens is 701 g/mol. The zero-order valence-corrected chi connectivity index (χ0v) is 31.8. The van der Waals surface area contributed by atoms with Crippen LogP contribution in [-0.4, -0.2) is 4.57 Å². The summed E-state index contributed by atoms with van der Waals surface area (Å²) in [6.45, 7) is 0. The van der Waals surface area contributed by atoms with Crippen molar-refractivity contribution in [2.24, 2.45) is 0 Å². The van der Waals surface area contributed by atoms with E-state index in [1.54, 1.807) is 0 Å². The van der Waals surface area contributed by atoms with Gasteiger partial charge in [0.15, 0.2) is 0 Å². The van der Waals surface area contributed by atoms with Crippen LogP contribution in [0.1, 0.15) is 0 Å². The summed E-state index contributed by atoms with van der Waals surface area (Å²) in [6, 6.07) is 83.6. The maximum absolute atomic E-state index is 2.37. The summed E-state index contributed by atoms with van der Waals surface area (Å²) in [5.41, 5.74) is 14.1. The van der Waals surface area contributed by atoms with Gasteiger partial charge >= 0.3 is 0 Å². The first-order valence-corrected chi connectivity index (χ1v) is 19.9. The molecule has 58 heavy (non-hydrogen) atoms. The lowest BCUT2D eigenvalue weighted by atomic mass is 9.97. The van der Waals surface area contributed by atoms with Gasteiger partial charge in [-0.2, -0.15) is 0 Å². The topological polar surface area (TPSA) is 8.17 Å². The van der Waals surface area contributed by atoms with Crippen LogP contribution in [0.2, 0.25) is 0 Å². The monoisotopic (exact) mass is 738 g/mol. The van der Waals surface area contributed by atoms with Gasteiger partial charge in [-0.1, -0.05) is 170 Å². The van der Waals surface area contributed by atoms with E-state index in [9.17, 15) is 0 Å². The molecule has 2 heteroatoms. The number of hydrogen-bond donors (Lipinski definition) is 0. The van der Waals surface area contributed by atoms with Crippen LogP contribution < -0.4 is 4.90 Å². The number of benzene rings is 10. The van der Waals surface area contributed by atoms with Crippen molar-refractivity contribution in [2.45, 2.75) is 0 Å². The summed E-state index contributed by atoms with van der Waals surface area (Å²) in [7, 11) is 0. The molecule has 11 aromatic rings. The maximum atomic E-state index is 2.37. The van der Waals surface area contributed by atoms with Crippen LogP contribution in [0.25, 0.3) is 82.4 Å². The van der Waals surface area contributed by atoms with Crippen molar-refractivity contribution in [1.82, 2.24) is 4.57 Å². The largest absolute Gasteiger partial charge is 0.311 e. The molecule has 0 unspecified atom stereocenters. The van der Waals surface area contributed by atoms with Crippen molar-refractivity contribution in [3.63, 3.8) is 0 Å². The summed E-state index contributed by atoms with van der Waals surface area (Å²) in [5.74, 6) is 0. The minimum absolute atomic E-state index is 1.10. The zero-order valence-electron chi connectivity index (χ0n) is 31.8. The first kappa shape index (κ1) is 33.6. The molecule has 0 atom stereocenters. The highest BCUT2D eigenvalue weighted by atomic mass is 15.1. The third-order valence-electron chi connectivity index (χ3n) is 11.6. The number of nitrogens with zero attached hydrogens (tertiary/aromatic N) is 2. The molecule has 0 saturated heterocycles. The fraction of sp³-hybridized carbons (Fsp3) is 0. The first-order chi connectivity index (χ1) is 28.8. The van der Waals surface area contributed by atoms with E-state index in [1.165, 1.54) is 76.7 Å². The number of aromatic nitrogens is 1. The highest BCUT2D eigenvalue weighted by Gasteiger charge is 2.16. The molecule has 0 radical (unpaired) electrons. The predicted molar refractivity (Wildman–Crippen MR) is 247 cm³/mol. The summed E-state index contributed by atoms with van der Waals surface area (Å²) < 4.78 is 2.37. The second-order valence-electron chi connectivity index (χ2n) is 14.9. The zero-order chi connectivity index (χ0) is 38.4. The quantitative estimate of drug-likeness (QED) is 0.158. The molecule has 0 bridgehead atoms. The van der Waals surface area contributed by atoms with Gasteiger partial charge in [-0.15, -0.1) is 0 Å². The minimum atomic E-state index is 1.10. The van der Waals surface area contributed by atoms with E-state index in [-0.39, 0.29) is 0 Å². The molecule has 272 valence electrons.